The Labute approximate surface area is 175 Å². The van der Waals surface area contributed by atoms with E-state index in [1.807, 2.05) is 0 Å². The molecule has 10 nitrogen and oxygen atoms in total. The van der Waals surface area contributed by atoms with E-state index < -0.39 is 34.5 Å². The number of fused-ring (bicyclic) bond motifs is 1. The molecule has 0 saturated carbocycles. The Hall–Kier alpha value is -2.99. The third-order valence-corrected chi connectivity index (χ3v) is 4.98. The minimum atomic E-state index is -3.35. The molecule has 0 fully saturated rings. The van der Waals surface area contributed by atoms with Crippen LogP contribution in [0.3, 0.4) is 0 Å². The Balaban J connectivity index is 2.36. The van der Waals surface area contributed by atoms with Crippen molar-refractivity contribution < 1.29 is 20.1 Å². The number of nitrogens with two attached hydrogens (primary N) is 3. The molecule has 1 heterocycles. The van der Waals surface area contributed by atoms with Gasteiger partial charge in [-0.15, -0.1) is 0 Å². The zero-order chi connectivity index (χ0) is 22.4. The molecule has 0 bridgehead atoms. The molecular weight excluding hydrogens is 414 g/mol. The van der Waals surface area contributed by atoms with Gasteiger partial charge >= 0.3 is 5.91 Å². The van der Waals surface area contributed by atoms with Crippen molar-refractivity contribution in [2.75, 3.05) is 4.90 Å². The first-order chi connectivity index (χ1) is 13.9. The molecule has 1 amide bonds. The topological polar surface area (TPSA) is 181 Å². The van der Waals surface area contributed by atoms with E-state index in [2.05, 4.69) is 0 Å². The van der Waals surface area contributed by atoms with Gasteiger partial charge in [0.05, 0.1) is 15.9 Å². The van der Waals surface area contributed by atoms with E-state index in [9.17, 15) is 24.9 Å². The fraction of sp³-hybridized carbons (Fsp3) is 0.158. The molecule has 0 unspecified atom stereocenters. The van der Waals surface area contributed by atoms with Crippen molar-refractivity contribution in [2.45, 2.75) is 11.7 Å². The molecule has 2 aromatic carbocycles. The van der Waals surface area contributed by atoms with E-state index in [-0.39, 0.29) is 21.6 Å². The molecule has 1 aromatic heterocycles. The highest BCUT2D eigenvalue weighted by Crippen LogP contribution is 2.34. The maximum absolute atomic E-state index is 13.4. The van der Waals surface area contributed by atoms with Gasteiger partial charge in [-0.2, -0.15) is 0 Å². The SMILES string of the molecule is Cn1c(=O)c(C(=O)N(c2ccccc2)C(O)(O)C(N)(N)N)c(O)c2c(Cl)cccc21. The number of rotatable bonds is 4. The predicted molar refractivity (Wildman–Crippen MR) is 112 cm³/mol. The number of hydrogen-bond acceptors (Lipinski definition) is 8. The fourth-order valence-electron chi connectivity index (χ4n) is 3.04. The lowest BCUT2D eigenvalue weighted by Gasteiger charge is -2.42. The van der Waals surface area contributed by atoms with Crippen LogP contribution in [-0.4, -0.2) is 37.5 Å². The molecule has 158 valence electrons. The Morgan fingerprint density at radius 3 is 2.23 bits per heavy atom. The van der Waals surface area contributed by atoms with Gasteiger partial charge in [0.1, 0.15) is 11.3 Å². The van der Waals surface area contributed by atoms with Crippen molar-refractivity contribution in [3.8, 4) is 5.75 Å². The molecule has 3 aromatic rings. The summed E-state index contributed by atoms with van der Waals surface area (Å²) in [5.41, 5.74) is 14.9. The average molecular weight is 434 g/mol. The van der Waals surface area contributed by atoms with Gasteiger partial charge in [-0.1, -0.05) is 35.9 Å². The summed E-state index contributed by atoms with van der Waals surface area (Å²) in [5, 5.41) is 32.0. The summed E-state index contributed by atoms with van der Waals surface area (Å²) < 4.78 is 1.09. The molecule has 11 heteroatoms. The van der Waals surface area contributed by atoms with Crippen LogP contribution in [0.2, 0.25) is 5.02 Å². The highest BCUT2D eigenvalue weighted by atomic mass is 35.5. The second-order valence-electron chi connectivity index (χ2n) is 6.77. The number of aryl methyl sites for hydroxylation is 1. The quantitative estimate of drug-likeness (QED) is 0.303. The van der Waals surface area contributed by atoms with Crippen molar-refractivity contribution in [3.05, 3.63) is 69.5 Å². The van der Waals surface area contributed by atoms with Crippen LogP contribution in [0.25, 0.3) is 10.9 Å². The van der Waals surface area contributed by atoms with Crippen LogP contribution in [-0.2, 0) is 7.05 Å². The van der Waals surface area contributed by atoms with Gasteiger partial charge in [0.2, 0.25) is 0 Å². The van der Waals surface area contributed by atoms with Crippen molar-refractivity contribution in [2.24, 2.45) is 24.2 Å². The summed E-state index contributed by atoms with van der Waals surface area (Å²) in [4.78, 5) is 26.7. The average Bonchev–Trinajstić information content (AvgIpc) is 2.66. The van der Waals surface area contributed by atoms with Gasteiger partial charge < -0.3 is 19.9 Å². The summed E-state index contributed by atoms with van der Waals surface area (Å²) in [7, 11) is 1.37. The summed E-state index contributed by atoms with van der Waals surface area (Å²) in [6.07, 6.45) is 0. The van der Waals surface area contributed by atoms with Gasteiger partial charge in [-0.05, 0) is 24.3 Å². The van der Waals surface area contributed by atoms with Crippen LogP contribution in [0.15, 0.2) is 53.3 Å². The van der Waals surface area contributed by atoms with E-state index in [1.165, 1.54) is 43.4 Å². The van der Waals surface area contributed by atoms with E-state index >= 15 is 0 Å². The maximum Gasteiger partial charge on any atom is 0.301 e. The molecule has 0 aliphatic carbocycles. The van der Waals surface area contributed by atoms with Crippen LogP contribution in [0.1, 0.15) is 10.4 Å². The van der Waals surface area contributed by atoms with Crippen LogP contribution >= 0.6 is 11.6 Å². The van der Waals surface area contributed by atoms with Crippen molar-refractivity contribution in [1.29, 1.82) is 0 Å². The summed E-state index contributed by atoms with van der Waals surface area (Å²) in [5.74, 6) is -8.11. The second kappa shape index (κ2) is 7.36. The Bertz CT molecular complexity index is 1190. The Morgan fingerprint density at radius 1 is 1.07 bits per heavy atom. The van der Waals surface area contributed by atoms with E-state index in [4.69, 9.17) is 28.8 Å². The maximum atomic E-state index is 13.4. The molecule has 9 N–H and O–H groups in total. The number of halogens is 1. The Kier molecular flexibility index (Phi) is 5.33. The fourth-order valence-corrected chi connectivity index (χ4v) is 3.30. The normalized spacial score (nSPS) is 12.2. The zero-order valence-corrected chi connectivity index (χ0v) is 16.5. The third-order valence-electron chi connectivity index (χ3n) is 4.67. The molecule has 0 aliphatic heterocycles. The van der Waals surface area contributed by atoms with Crippen LogP contribution in [0.5, 0.6) is 5.75 Å². The first-order valence-corrected chi connectivity index (χ1v) is 8.98. The summed E-state index contributed by atoms with van der Waals surface area (Å²) in [6, 6.07) is 11.8. The van der Waals surface area contributed by atoms with Crippen LogP contribution in [0.4, 0.5) is 5.69 Å². The summed E-state index contributed by atoms with van der Waals surface area (Å²) in [6.45, 7) is 0. The minimum Gasteiger partial charge on any atom is -0.506 e. The number of pyridine rings is 1. The van der Waals surface area contributed by atoms with E-state index in [0.717, 1.165) is 4.57 Å². The monoisotopic (exact) mass is 433 g/mol. The van der Waals surface area contributed by atoms with Gasteiger partial charge in [0, 0.05) is 12.7 Å². The number of para-hydroxylation sites is 1. The first-order valence-electron chi connectivity index (χ1n) is 8.60. The number of benzene rings is 2. The van der Waals surface area contributed by atoms with E-state index in [0.29, 0.717) is 4.90 Å². The molecule has 0 saturated heterocycles. The van der Waals surface area contributed by atoms with Gasteiger partial charge in [0.25, 0.3) is 11.5 Å². The smallest absolute Gasteiger partial charge is 0.301 e. The third kappa shape index (κ3) is 3.31. The molecule has 30 heavy (non-hydrogen) atoms. The van der Waals surface area contributed by atoms with Crippen molar-refractivity contribution >= 4 is 34.1 Å². The van der Waals surface area contributed by atoms with Gasteiger partial charge in [0.15, 0.2) is 5.79 Å². The number of carbonyl (C=O) groups is 1. The molecule has 0 radical (unpaired) electrons. The lowest BCUT2D eigenvalue weighted by Crippen LogP contribution is -2.79. The van der Waals surface area contributed by atoms with Gasteiger partial charge in [-0.25, -0.2) is 0 Å². The molecule has 3 rings (SSSR count). The van der Waals surface area contributed by atoms with Crippen molar-refractivity contribution in [1.82, 2.24) is 4.57 Å². The lowest BCUT2D eigenvalue weighted by atomic mass is 10.1. The highest BCUT2D eigenvalue weighted by molar-refractivity contribution is 6.36. The molecular formula is C19H20ClN5O5. The molecule has 0 atom stereocenters. The number of aromatic hydroxyl groups is 1. The van der Waals surface area contributed by atoms with E-state index in [1.54, 1.807) is 12.1 Å². The number of aliphatic hydroxyl groups is 2. The van der Waals surface area contributed by atoms with Crippen molar-refractivity contribution in [3.63, 3.8) is 0 Å². The number of amides is 1. The Morgan fingerprint density at radius 2 is 1.67 bits per heavy atom. The van der Waals surface area contributed by atoms with Gasteiger partial charge in [-0.3, -0.25) is 31.7 Å². The lowest BCUT2D eigenvalue weighted by molar-refractivity contribution is -0.201. The number of carbonyl (C=O) groups excluding carboxylic acids is 1. The number of anilines is 1. The first kappa shape index (κ1) is 21.7. The summed E-state index contributed by atoms with van der Waals surface area (Å²) >= 11 is 6.16. The minimum absolute atomic E-state index is 0.0265. The molecule has 0 spiro atoms. The predicted octanol–water partition coefficient (Wildman–Crippen LogP) is -0.287. The largest absolute Gasteiger partial charge is 0.506 e. The van der Waals surface area contributed by atoms with Crippen LogP contribution in [0, 0.1) is 0 Å². The number of nitrogens with zero attached hydrogens (tertiary/aromatic N) is 2. The highest BCUT2D eigenvalue weighted by Gasteiger charge is 2.51. The van der Waals surface area contributed by atoms with Crippen LogP contribution < -0.4 is 27.7 Å². The standard InChI is InChI=1S/C19H20ClN5O5/c1-24-12-9-5-8-11(20)13(12)15(26)14(16(24)27)17(28)25(10-6-3-2-4-7-10)19(29,30)18(21,22)23/h2-9,26,29-30H,21-23H2,1H3. The second-order valence-corrected chi connectivity index (χ2v) is 7.17. The zero-order valence-electron chi connectivity index (χ0n) is 15.8. The molecule has 0 aliphatic rings. The number of aromatic nitrogens is 1. The number of hydrogen-bond donors (Lipinski definition) is 6.